The summed E-state index contributed by atoms with van der Waals surface area (Å²) in [4.78, 5) is 25.1. The van der Waals surface area contributed by atoms with Crippen LogP contribution in [0, 0.1) is 5.41 Å². The normalized spacial score (nSPS) is 20.9. The minimum atomic E-state index is -1.13. The summed E-state index contributed by atoms with van der Waals surface area (Å²) in [7, 11) is 0. The zero-order valence-electron chi connectivity index (χ0n) is 11.4. The summed E-state index contributed by atoms with van der Waals surface area (Å²) in [6, 6.07) is 7.42. The van der Waals surface area contributed by atoms with Crippen LogP contribution in [-0.2, 0) is 16.0 Å². The number of benzene rings is 1. The minimum absolute atomic E-state index is 0.118. The van der Waals surface area contributed by atoms with E-state index in [0.717, 1.165) is 5.56 Å². The van der Waals surface area contributed by atoms with Crippen molar-refractivity contribution in [2.75, 3.05) is 6.61 Å². The van der Waals surface area contributed by atoms with Crippen molar-refractivity contribution >= 4 is 11.8 Å². The maximum atomic E-state index is 12.8. The zero-order valence-corrected chi connectivity index (χ0v) is 11.4. The van der Waals surface area contributed by atoms with Crippen LogP contribution in [0.2, 0.25) is 0 Å². The topological polar surface area (TPSA) is 43.4 Å². The Balaban J connectivity index is 2.39. The van der Waals surface area contributed by atoms with Gasteiger partial charge in [0.05, 0.1) is 0 Å². The van der Waals surface area contributed by atoms with E-state index in [4.69, 9.17) is 4.74 Å². The molecular formula is C17H18O3. The Morgan fingerprint density at radius 1 is 1.30 bits per heavy atom. The summed E-state index contributed by atoms with van der Waals surface area (Å²) in [5, 5.41) is 0. The lowest BCUT2D eigenvalue weighted by atomic mass is 9.68. The molecule has 1 aliphatic carbocycles. The molecule has 0 aliphatic heterocycles. The number of carbonyl (C=O) groups is 2. The van der Waals surface area contributed by atoms with E-state index < -0.39 is 11.4 Å². The molecule has 3 nitrogen and oxygen atoms in total. The molecule has 1 unspecified atom stereocenters. The van der Waals surface area contributed by atoms with Crippen LogP contribution in [-0.4, -0.2) is 18.4 Å². The highest BCUT2D eigenvalue weighted by Gasteiger charge is 2.48. The van der Waals surface area contributed by atoms with Gasteiger partial charge < -0.3 is 4.74 Å². The lowest BCUT2D eigenvalue weighted by molar-refractivity contribution is -0.152. The predicted octanol–water partition coefficient (Wildman–Crippen LogP) is 3.11. The number of ether oxygens (including phenoxy) is 1. The fourth-order valence-electron chi connectivity index (χ4n) is 2.67. The highest BCUT2D eigenvalue weighted by atomic mass is 16.5. The van der Waals surface area contributed by atoms with Gasteiger partial charge >= 0.3 is 5.97 Å². The highest BCUT2D eigenvalue weighted by Crippen LogP contribution is 2.39. The van der Waals surface area contributed by atoms with E-state index in [-0.39, 0.29) is 12.4 Å². The molecule has 20 heavy (non-hydrogen) atoms. The van der Waals surface area contributed by atoms with Crippen LogP contribution in [0.5, 0.6) is 0 Å². The molecule has 0 aromatic heterocycles. The number of hydrogen-bond acceptors (Lipinski definition) is 3. The Kier molecular flexibility index (Phi) is 4.18. The summed E-state index contributed by atoms with van der Waals surface area (Å²) in [5.74, 6) is -0.634. The van der Waals surface area contributed by atoms with Crippen LogP contribution >= 0.6 is 0 Å². The fourth-order valence-corrected chi connectivity index (χ4v) is 2.67. The first kappa shape index (κ1) is 14.3. The van der Waals surface area contributed by atoms with Crippen LogP contribution in [0.4, 0.5) is 0 Å². The smallest absolute Gasteiger partial charge is 0.320 e. The van der Waals surface area contributed by atoms with Gasteiger partial charge in [-0.05, 0) is 24.8 Å². The summed E-state index contributed by atoms with van der Waals surface area (Å²) in [5.41, 5.74) is 0.490. The Morgan fingerprint density at radius 2 is 2.05 bits per heavy atom. The number of esters is 1. The third-order valence-corrected chi connectivity index (χ3v) is 3.73. The first-order valence-corrected chi connectivity index (χ1v) is 6.67. The molecule has 2 rings (SSSR count). The number of rotatable bonds is 5. The quantitative estimate of drug-likeness (QED) is 0.469. The van der Waals surface area contributed by atoms with Gasteiger partial charge in [0.25, 0.3) is 0 Å². The second-order valence-electron chi connectivity index (χ2n) is 4.95. The number of allylic oxidation sites excluding steroid dienone is 1. The molecule has 1 aromatic rings. The van der Waals surface area contributed by atoms with E-state index in [1.54, 1.807) is 12.1 Å². The molecule has 0 N–H and O–H groups in total. The molecule has 104 valence electrons. The maximum Gasteiger partial charge on any atom is 0.320 e. The predicted molar refractivity (Wildman–Crippen MR) is 77.5 cm³/mol. The van der Waals surface area contributed by atoms with E-state index in [1.165, 1.54) is 6.08 Å². The first-order valence-electron chi connectivity index (χ1n) is 6.67. The second kappa shape index (κ2) is 5.87. The molecular weight excluding hydrogens is 252 g/mol. The Labute approximate surface area is 118 Å². The van der Waals surface area contributed by atoms with Gasteiger partial charge in [-0.1, -0.05) is 43.0 Å². The maximum absolute atomic E-state index is 12.8. The van der Waals surface area contributed by atoms with Gasteiger partial charge in [-0.2, -0.15) is 0 Å². The standard InChI is InChI=1S/C17H18O3/c1-3-10-17(16(19)20-12-4-2)11-9-13-7-5-6-8-14(13)15(17)18/h3-8H,1-2,9-12H2. The first-order chi connectivity index (χ1) is 9.65. The number of carbonyl (C=O) groups excluding carboxylic acids is 2. The fraction of sp³-hybridized carbons (Fsp3) is 0.294. The monoisotopic (exact) mass is 270 g/mol. The molecule has 0 spiro atoms. The Hall–Kier alpha value is -2.16. The largest absolute Gasteiger partial charge is 0.461 e. The SMILES string of the molecule is C=CCOC(=O)C1(CC=C)CCc2ccccc2C1=O. The van der Waals surface area contributed by atoms with Crippen LogP contribution in [0.3, 0.4) is 0 Å². The van der Waals surface area contributed by atoms with Gasteiger partial charge in [-0.25, -0.2) is 0 Å². The lowest BCUT2D eigenvalue weighted by Crippen LogP contribution is -2.43. The average Bonchev–Trinajstić information content (AvgIpc) is 2.48. The van der Waals surface area contributed by atoms with Crippen LogP contribution in [0.25, 0.3) is 0 Å². The number of hydrogen-bond donors (Lipinski definition) is 0. The van der Waals surface area contributed by atoms with Gasteiger partial charge in [0.1, 0.15) is 12.0 Å². The third-order valence-electron chi connectivity index (χ3n) is 3.73. The van der Waals surface area contributed by atoms with Crippen molar-refractivity contribution in [2.45, 2.75) is 19.3 Å². The summed E-state index contributed by atoms with van der Waals surface area (Å²) >= 11 is 0. The molecule has 0 fully saturated rings. The van der Waals surface area contributed by atoms with Gasteiger partial charge in [0.2, 0.25) is 0 Å². The molecule has 0 amide bonds. The van der Waals surface area contributed by atoms with Crippen LogP contribution in [0.1, 0.15) is 28.8 Å². The molecule has 0 saturated heterocycles. The summed E-state index contributed by atoms with van der Waals surface area (Å²) < 4.78 is 5.15. The van der Waals surface area contributed by atoms with Gasteiger partial charge in [0, 0.05) is 5.56 Å². The molecule has 1 aromatic carbocycles. The van der Waals surface area contributed by atoms with Crippen molar-refractivity contribution in [3.63, 3.8) is 0 Å². The minimum Gasteiger partial charge on any atom is -0.461 e. The molecule has 3 heteroatoms. The average molecular weight is 270 g/mol. The van der Waals surface area contributed by atoms with E-state index >= 15 is 0 Å². The third kappa shape index (κ3) is 2.31. The lowest BCUT2D eigenvalue weighted by Gasteiger charge is -2.33. The van der Waals surface area contributed by atoms with Crippen molar-refractivity contribution < 1.29 is 14.3 Å². The van der Waals surface area contributed by atoms with Crippen molar-refractivity contribution in [3.05, 3.63) is 60.7 Å². The van der Waals surface area contributed by atoms with E-state index in [9.17, 15) is 9.59 Å². The Morgan fingerprint density at radius 3 is 2.75 bits per heavy atom. The van der Waals surface area contributed by atoms with Gasteiger partial charge in [-0.3, -0.25) is 9.59 Å². The van der Waals surface area contributed by atoms with Gasteiger partial charge in [-0.15, -0.1) is 6.58 Å². The molecule has 0 heterocycles. The molecule has 0 radical (unpaired) electrons. The summed E-state index contributed by atoms with van der Waals surface area (Å²) in [6.45, 7) is 7.31. The van der Waals surface area contributed by atoms with Crippen LogP contribution in [0.15, 0.2) is 49.6 Å². The zero-order chi connectivity index (χ0) is 14.6. The number of aryl methyl sites for hydroxylation is 1. The van der Waals surface area contributed by atoms with E-state index in [0.29, 0.717) is 24.8 Å². The van der Waals surface area contributed by atoms with Crippen molar-refractivity contribution in [1.29, 1.82) is 0 Å². The number of Topliss-reactive ketones (excluding diaryl/α,β-unsaturated/α-hetero) is 1. The number of fused-ring (bicyclic) bond motifs is 1. The van der Waals surface area contributed by atoms with Crippen LogP contribution < -0.4 is 0 Å². The second-order valence-corrected chi connectivity index (χ2v) is 4.95. The Bertz CT molecular complexity index is 559. The molecule has 1 aliphatic rings. The molecule has 0 saturated carbocycles. The van der Waals surface area contributed by atoms with E-state index in [1.807, 2.05) is 18.2 Å². The molecule has 0 bridgehead atoms. The van der Waals surface area contributed by atoms with Crippen molar-refractivity contribution in [3.8, 4) is 0 Å². The van der Waals surface area contributed by atoms with Gasteiger partial charge in [0.15, 0.2) is 5.78 Å². The van der Waals surface area contributed by atoms with Crippen molar-refractivity contribution in [2.24, 2.45) is 5.41 Å². The number of ketones is 1. The van der Waals surface area contributed by atoms with Crippen molar-refractivity contribution in [1.82, 2.24) is 0 Å². The molecule has 1 atom stereocenters. The van der Waals surface area contributed by atoms with E-state index in [2.05, 4.69) is 13.2 Å². The summed E-state index contributed by atoms with van der Waals surface area (Å²) in [6.07, 6.45) is 4.57. The highest BCUT2D eigenvalue weighted by molar-refractivity contribution is 6.14.